The number of carbonyl (C=O) groups is 1. The fraction of sp³-hybridized carbons (Fsp3) is 0.188. The maximum atomic E-state index is 12.3. The van der Waals surface area contributed by atoms with Gasteiger partial charge in [0.2, 0.25) is 0 Å². The number of ether oxygens (including phenoxy) is 1. The quantitative estimate of drug-likeness (QED) is 0.803. The molecule has 0 radical (unpaired) electrons. The van der Waals surface area contributed by atoms with E-state index in [0.29, 0.717) is 22.9 Å². The molecule has 6 nitrogen and oxygen atoms in total. The topological polar surface area (TPSA) is 68.5 Å². The van der Waals surface area contributed by atoms with Gasteiger partial charge in [-0.2, -0.15) is 5.10 Å². The van der Waals surface area contributed by atoms with E-state index in [2.05, 4.69) is 15.4 Å². The van der Waals surface area contributed by atoms with Crippen LogP contribution in [0.4, 0.5) is 5.69 Å². The van der Waals surface area contributed by atoms with E-state index in [4.69, 9.17) is 4.74 Å². The normalized spacial score (nSPS) is 12.1. The molecule has 3 rings (SSSR count). The molecule has 6 heteroatoms. The summed E-state index contributed by atoms with van der Waals surface area (Å²) in [6.45, 7) is 3.51. The number of amides is 1. The van der Waals surface area contributed by atoms with E-state index in [1.807, 2.05) is 30.3 Å². The van der Waals surface area contributed by atoms with Gasteiger partial charge in [-0.3, -0.25) is 4.79 Å². The third-order valence-corrected chi connectivity index (χ3v) is 3.15. The van der Waals surface area contributed by atoms with Crippen molar-refractivity contribution in [1.82, 2.24) is 14.6 Å². The molecule has 0 aliphatic carbocycles. The number of hydrogen-bond acceptors (Lipinski definition) is 4. The second-order valence-electron chi connectivity index (χ2n) is 4.91. The molecule has 0 aliphatic heterocycles. The summed E-state index contributed by atoms with van der Waals surface area (Å²) in [6, 6.07) is 12.8. The van der Waals surface area contributed by atoms with Gasteiger partial charge < -0.3 is 10.1 Å². The molecule has 0 fully saturated rings. The van der Waals surface area contributed by atoms with Crippen molar-refractivity contribution in [2.45, 2.75) is 20.0 Å². The van der Waals surface area contributed by atoms with E-state index in [1.165, 1.54) is 0 Å². The van der Waals surface area contributed by atoms with E-state index in [1.54, 1.807) is 36.7 Å². The van der Waals surface area contributed by atoms with Crippen molar-refractivity contribution in [2.24, 2.45) is 0 Å². The second kappa shape index (κ2) is 5.85. The van der Waals surface area contributed by atoms with Crippen LogP contribution in [-0.2, 0) is 4.79 Å². The summed E-state index contributed by atoms with van der Waals surface area (Å²) in [5, 5.41) is 7.05. The molecular formula is C16H16N4O2. The van der Waals surface area contributed by atoms with Crippen LogP contribution in [-0.4, -0.2) is 26.6 Å². The Labute approximate surface area is 127 Å². The van der Waals surface area contributed by atoms with Crippen molar-refractivity contribution >= 4 is 17.2 Å². The van der Waals surface area contributed by atoms with E-state index < -0.39 is 6.10 Å². The first-order valence-corrected chi connectivity index (χ1v) is 6.98. The Morgan fingerprint density at radius 1 is 1.23 bits per heavy atom. The molecule has 0 aliphatic rings. The van der Waals surface area contributed by atoms with E-state index in [9.17, 15) is 4.79 Å². The molecule has 2 heterocycles. The van der Waals surface area contributed by atoms with Crippen LogP contribution in [0.3, 0.4) is 0 Å². The average molecular weight is 296 g/mol. The Hall–Kier alpha value is -2.89. The summed E-state index contributed by atoms with van der Waals surface area (Å²) in [6.07, 6.45) is 1.17. The van der Waals surface area contributed by atoms with Crippen LogP contribution in [0, 0.1) is 6.92 Å². The average Bonchev–Trinajstić information content (AvgIpc) is 2.89. The number of rotatable bonds is 4. The van der Waals surface area contributed by atoms with E-state index >= 15 is 0 Å². The van der Waals surface area contributed by atoms with Crippen molar-refractivity contribution in [2.75, 3.05) is 5.32 Å². The lowest BCUT2D eigenvalue weighted by molar-refractivity contribution is -0.122. The lowest BCUT2D eigenvalue weighted by Gasteiger charge is -2.14. The number of hydrogen-bond donors (Lipinski definition) is 1. The summed E-state index contributed by atoms with van der Waals surface area (Å²) in [5.74, 6) is 1.06. The van der Waals surface area contributed by atoms with Gasteiger partial charge in [-0.25, -0.2) is 9.50 Å². The first kappa shape index (κ1) is 14.1. The number of para-hydroxylation sites is 1. The minimum atomic E-state index is -0.619. The highest BCUT2D eigenvalue weighted by Crippen LogP contribution is 2.16. The molecule has 1 atom stereocenters. The van der Waals surface area contributed by atoms with Gasteiger partial charge in [0.05, 0.1) is 5.69 Å². The molecular weight excluding hydrogens is 280 g/mol. The Kier molecular flexibility index (Phi) is 3.74. The zero-order valence-electron chi connectivity index (χ0n) is 12.4. The predicted octanol–water partition coefficient (Wildman–Crippen LogP) is 2.44. The van der Waals surface area contributed by atoms with Crippen LogP contribution in [0.2, 0.25) is 0 Å². The number of fused-ring (bicyclic) bond motifs is 1. The fourth-order valence-electron chi connectivity index (χ4n) is 2.10. The SMILES string of the molecule is Cc1nc2c(NC(=O)[C@H](C)Oc3ccccc3)cccn2n1. The number of anilines is 1. The van der Waals surface area contributed by atoms with Crippen molar-refractivity contribution < 1.29 is 9.53 Å². The van der Waals surface area contributed by atoms with Gasteiger partial charge in [0, 0.05) is 6.20 Å². The molecule has 1 aromatic carbocycles. The van der Waals surface area contributed by atoms with Crippen molar-refractivity contribution in [3.05, 3.63) is 54.5 Å². The Morgan fingerprint density at radius 2 is 2.00 bits per heavy atom. The van der Waals surface area contributed by atoms with Crippen LogP contribution < -0.4 is 10.1 Å². The smallest absolute Gasteiger partial charge is 0.265 e. The summed E-state index contributed by atoms with van der Waals surface area (Å²) in [4.78, 5) is 16.6. The lowest BCUT2D eigenvalue weighted by atomic mass is 10.3. The van der Waals surface area contributed by atoms with E-state index in [0.717, 1.165) is 0 Å². The fourth-order valence-corrected chi connectivity index (χ4v) is 2.10. The summed E-state index contributed by atoms with van der Waals surface area (Å²) in [5.41, 5.74) is 1.22. The maximum absolute atomic E-state index is 12.3. The van der Waals surface area contributed by atoms with Gasteiger partial charge in [0.1, 0.15) is 11.6 Å². The molecule has 1 amide bonds. The molecule has 2 aromatic heterocycles. The maximum Gasteiger partial charge on any atom is 0.265 e. The summed E-state index contributed by atoms with van der Waals surface area (Å²) >= 11 is 0. The van der Waals surface area contributed by atoms with Crippen molar-refractivity contribution in [3.8, 4) is 5.75 Å². The largest absolute Gasteiger partial charge is 0.481 e. The molecule has 0 bridgehead atoms. The number of pyridine rings is 1. The zero-order valence-corrected chi connectivity index (χ0v) is 12.4. The van der Waals surface area contributed by atoms with Gasteiger partial charge in [0.15, 0.2) is 11.8 Å². The zero-order chi connectivity index (χ0) is 15.5. The first-order chi connectivity index (χ1) is 10.6. The Balaban J connectivity index is 1.75. The minimum absolute atomic E-state index is 0.238. The van der Waals surface area contributed by atoms with Gasteiger partial charge in [-0.15, -0.1) is 0 Å². The van der Waals surface area contributed by atoms with Crippen LogP contribution >= 0.6 is 0 Å². The van der Waals surface area contributed by atoms with Crippen LogP contribution in [0.15, 0.2) is 48.7 Å². The molecule has 1 N–H and O–H groups in total. The first-order valence-electron chi connectivity index (χ1n) is 6.98. The van der Waals surface area contributed by atoms with Crippen molar-refractivity contribution in [1.29, 1.82) is 0 Å². The molecule has 0 unspecified atom stereocenters. The van der Waals surface area contributed by atoms with Gasteiger partial charge in [0.25, 0.3) is 5.91 Å². The van der Waals surface area contributed by atoms with Gasteiger partial charge >= 0.3 is 0 Å². The number of aromatic nitrogens is 3. The molecule has 0 saturated heterocycles. The van der Waals surface area contributed by atoms with E-state index in [-0.39, 0.29) is 5.91 Å². The standard InChI is InChI=1S/C16H16N4O2/c1-11(22-13-7-4-3-5-8-13)16(21)18-14-9-6-10-20-15(14)17-12(2)19-20/h3-11H,1-2H3,(H,18,21)/t11-/m0/s1. The highest BCUT2D eigenvalue weighted by Gasteiger charge is 2.16. The monoisotopic (exact) mass is 296 g/mol. The minimum Gasteiger partial charge on any atom is -0.481 e. The van der Waals surface area contributed by atoms with Crippen LogP contribution in [0.5, 0.6) is 5.75 Å². The van der Waals surface area contributed by atoms with Gasteiger partial charge in [-0.05, 0) is 38.1 Å². The lowest BCUT2D eigenvalue weighted by Crippen LogP contribution is -2.30. The predicted molar refractivity (Wildman–Crippen MR) is 82.9 cm³/mol. The van der Waals surface area contributed by atoms with Gasteiger partial charge in [-0.1, -0.05) is 18.2 Å². The summed E-state index contributed by atoms with van der Waals surface area (Å²) < 4.78 is 7.24. The molecule has 0 saturated carbocycles. The number of carbonyl (C=O) groups excluding carboxylic acids is 1. The Bertz CT molecular complexity index is 798. The number of benzene rings is 1. The molecule has 0 spiro atoms. The third kappa shape index (κ3) is 2.90. The Morgan fingerprint density at radius 3 is 2.77 bits per heavy atom. The van der Waals surface area contributed by atoms with Crippen LogP contribution in [0.1, 0.15) is 12.7 Å². The van der Waals surface area contributed by atoms with Crippen molar-refractivity contribution in [3.63, 3.8) is 0 Å². The second-order valence-corrected chi connectivity index (χ2v) is 4.91. The highest BCUT2D eigenvalue weighted by molar-refractivity contribution is 5.97. The number of nitrogens with zero attached hydrogens (tertiary/aromatic N) is 3. The molecule has 22 heavy (non-hydrogen) atoms. The number of aryl methyl sites for hydroxylation is 1. The summed E-state index contributed by atoms with van der Waals surface area (Å²) in [7, 11) is 0. The van der Waals surface area contributed by atoms with Crippen LogP contribution in [0.25, 0.3) is 5.65 Å². The third-order valence-electron chi connectivity index (χ3n) is 3.15. The molecule has 3 aromatic rings. The highest BCUT2D eigenvalue weighted by atomic mass is 16.5. The molecule has 112 valence electrons. The number of nitrogens with one attached hydrogen (secondary N) is 1.